The van der Waals surface area contributed by atoms with E-state index in [0.717, 1.165) is 0 Å². The van der Waals surface area contributed by atoms with Crippen LogP contribution in [-0.4, -0.2) is 12.7 Å². The minimum absolute atomic E-state index is 0.264. The fourth-order valence-electron chi connectivity index (χ4n) is 0.178. The maximum absolute atomic E-state index is 11.5. The zero-order valence-electron chi connectivity index (χ0n) is 4.82. The summed E-state index contributed by atoms with van der Waals surface area (Å²) in [6.45, 7) is 3.41. The van der Waals surface area contributed by atoms with Crippen LogP contribution in [0.5, 0.6) is 0 Å². The van der Waals surface area contributed by atoms with Gasteiger partial charge in [-0.1, -0.05) is 13.8 Å². The number of hydrogen-bond donors (Lipinski definition) is 1. The van der Waals surface area contributed by atoms with Crippen LogP contribution in [0.3, 0.4) is 0 Å². The fraction of sp³-hybridized carbons (Fsp3) is 1.00. The summed E-state index contributed by atoms with van der Waals surface area (Å²) in [5.74, 6) is 0.269. The molecule has 0 fully saturated rings. The van der Waals surface area contributed by atoms with Crippen LogP contribution in [0.2, 0.25) is 0 Å². The molecule has 2 heteroatoms. The highest BCUT2D eigenvalue weighted by Gasteiger charge is 2.04. The van der Waals surface area contributed by atoms with E-state index in [9.17, 15) is 4.39 Å². The zero-order valence-corrected chi connectivity index (χ0v) is 4.82. The fourth-order valence-corrected chi connectivity index (χ4v) is 0.178. The van der Waals surface area contributed by atoms with Crippen LogP contribution in [0.4, 0.5) is 4.39 Å². The summed E-state index contributed by atoms with van der Waals surface area (Å²) in [6.07, 6.45) is 0. The van der Waals surface area contributed by atoms with E-state index in [0.29, 0.717) is 0 Å². The maximum Gasteiger partial charge on any atom is 0.105 e. The van der Waals surface area contributed by atoms with Gasteiger partial charge in [-0.25, -0.2) is 4.39 Å². The molecule has 0 heterocycles. The van der Waals surface area contributed by atoms with E-state index in [1.807, 2.05) is 13.8 Å². The van der Waals surface area contributed by atoms with Crippen LogP contribution in [0.1, 0.15) is 13.8 Å². The molecule has 0 aromatic heterocycles. The average Bonchev–Trinajstić information content (AvgIpc) is 1.65. The topological polar surface area (TPSA) is 26.0 Å². The van der Waals surface area contributed by atoms with Crippen molar-refractivity contribution in [1.82, 2.24) is 0 Å². The van der Waals surface area contributed by atoms with Crippen molar-refractivity contribution < 1.29 is 4.39 Å². The summed E-state index contributed by atoms with van der Waals surface area (Å²) in [7, 11) is 0. The Morgan fingerprint density at radius 1 is 1.57 bits per heavy atom. The lowest BCUT2D eigenvalue weighted by Gasteiger charge is -2.08. The van der Waals surface area contributed by atoms with Crippen LogP contribution in [-0.2, 0) is 0 Å². The first kappa shape index (κ1) is 6.89. The molecule has 0 aliphatic carbocycles. The highest BCUT2D eigenvalue weighted by atomic mass is 19.1. The smallest absolute Gasteiger partial charge is 0.105 e. The Kier molecular flexibility index (Phi) is 2.92. The number of hydrogen-bond acceptors (Lipinski definition) is 1. The van der Waals surface area contributed by atoms with Gasteiger partial charge >= 0.3 is 0 Å². The molecule has 0 unspecified atom stereocenters. The van der Waals surface area contributed by atoms with Crippen molar-refractivity contribution in [3.8, 4) is 0 Å². The van der Waals surface area contributed by atoms with Crippen molar-refractivity contribution in [2.75, 3.05) is 6.67 Å². The van der Waals surface area contributed by atoms with Crippen molar-refractivity contribution in [3.05, 3.63) is 0 Å². The largest absolute Gasteiger partial charge is 0.325 e. The minimum atomic E-state index is -0.405. The lowest BCUT2D eigenvalue weighted by Crippen LogP contribution is -2.28. The van der Waals surface area contributed by atoms with E-state index in [-0.39, 0.29) is 12.0 Å². The van der Waals surface area contributed by atoms with Gasteiger partial charge in [-0.05, 0) is 5.92 Å². The minimum Gasteiger partial charge on any atom is -0.325 e. The van der Waals surface area contributed by atoms with Gasteiger partial charge in [-0.2, -0.15) is 0 Å². The Hall–Kier alpha value is -0.110. The molecule has 0 aromatic rings. The molecule has 2 N–H and O–H groups in total. The first-order valence-electron chi connectivity index (χ1n) is 2.50. The van der Waals surface area contributed by atoms with Crippen LogP contribution >= 0.6 is 0 Å². The van der Waals surface area contributed by atoms with Gasteiger partial charge in [0.15, 0.2) is 0 Å². The summed E-state index contributed by atoms with van der Waals surface area (Å²) in [4.78, 5) is 0. The van der Waals surface area contributed by atoms with Gasteiger partial charge in [0.25, 0.3) is 0 Å². The lowest BCUT2D eigenvalue weighted by atomic mass is 10.1. The summed E-state index contributed by atoms with van der Waals surface area (Å²) >= 11 is 0. The van der Waals surface area contributed by atoms with Crippen molar-refractivity contribution in [2.24, 2.45) is 11.7 Å². The number of halogens is 1. The molecular weight excluding hydrogens is 93.1 g/mol. The molecule has 0 saturated heterocycles. The normalized spacial score (nSPS) is 15.0. The first-order chi connectivity index (χ1) is 3.18. The summed E-state index contributed by atoms with van der Waals surface area (Å²) in [5, 5.41) is 0. The second-order valence-electron chi connectivity index (χ2n) is 2.06. The molecule has 0 aliphatic heterocycles. The van der Waals surface area contributed by atoms with E-state index < -0.39 is 6.67 Å². The lowest BCUT2D eigenvalue weighted by molar-refractivity contribution is 0.365. The predicted octanol–water partition coefficient (Wildman–Crippen LogP) is 0.939. The van der Waals surface area contributed by atoms with Gasteiger partial charge < -0.3 is 5.73 Å². The summed E-state index contributed by atoms with van der Waals surface area (Å²) in [6, 6.07) is -0.264. The van der Waals surface area contributed by atoms with E-state index >= 15 is 0 Å². The summed E-state index contributed by atoms with van der Waals surface area (Å²) < 4.78 is 11.5. The SMILES string of the molecule is CC(C)[C@@H](N)CF. The molecule has 1 nitrogen and oxygen atoms in total. The van der Waals surface area contributed by atoms with Crippen LogP contribution in [0.15, 0.2) is 0 Å². The average molecular weight is 105 g/mol. The Balaban J connectivity index is 3.14. The van der Waals surface area contributed by atoms with Gasteiger partial charge in [-0.15, -0.1) is 0 Å². The number of rotatable bonds is 2. The predicted molar refractivity (Wildman–Crippen MR) is 28.8 cm³/mol. The molecule has 0 aromatic carbocycles. The molecule has 0 rings (SSSR count). The van der Waals surface area contributed by atoms with Crippen molar-refractivity contribution >= 4 is 0 Å². The Morgan fingerprint density at radius 3 is 2.00 bits per heavy atom. The van der Waals surface area contributed by atoms with Crippen LogP contribution in [0.25, 0.3) is 0 Å². The third kappa shape index (κ3) is 2.57. The Labute approximate surface area is 43.7 Å². The third-order valence-electron chi connectivity index (χ3n) is 1.03. The van der Waals surface area contributed by atoms with Gasteiger partial charge in [0, 0.05) is 6.04 Å². The van der Waals surface area contributed by atoms with E-state index in [1.54, 1.807) is 0 Å². The standard InChI is InChI=1S/C5H12FN/c1-4(2)5(7)3-6/h4-5H,3,7H2,1-2H3/t5-/m0/s1. The number of alkyl halides is 1. The Bertz CT molecular complexity index is 45.3. The molecule has 0 saturated carbocycles. The highest BCUT2D eigenvalue weighted by molar-refractivity contribution is 4.61. The van der Waals surface area contributed by atoms with Crippen molar-refractivity contribution in [2.45, 2.75) is 19.9 Å². The van der Waals surface area contributed by atoms with Crippen LogP contribution < -0.4 is 5.73 Å². The molecule has 1 atom stereocenters. The summed E-state index contributed by atoms with van der Waals surface area (Å²) in [5.41, 5.74) is 5.24. The molecule has 0 radical (unpaired) electrons. The van der Waals surface area contributed by atoms with E-state index in [4.69, 9.17) is 5.73 Å². The van der Waals surface area contributed by atoms with E-state index in [1.165, 1.54) is 0 Å². The molecule has 0 amide bonds. The second-order valence-corrected chi connectivity index (χ2v) is 2.06. The molecule has 0 bridgehead atoms. The number of nitrogens with two attached hydrogens (primary N) is 1. The molecular formula is C5H12FN. The molecule has 0 aliphatic rings. The molecule has 44 valence electrons. The third-order valence-corrected chi connectivity index (χ3v) is 1.03. The highest BCUT2D eigenvalue weighted by Crippen LogP contribution is 1.96. The Morgan fingerprint density at radius 2 is 2.00 bits per heavy atom. The monoisotopic (exact) mass is 105 g/mol. The van der Waals surface area contributed by atoms with Gasteiger partial charge in [0.2, 0.25) is 0 Å². The first-order valence-corrected chi connectivity index (χ1v) is 2.50. The van der Waals surface area contributed by atoms with Crippen molar-refractivity contribution in [1.29, 1.82) is 0 Å². The quantitative estimate of drug-likeness (QED) is 0.555. The van der Waals surface area contributed by atoms with Gasteiger partial charge in [0.1, 0.15) is 6.67 Å². The van der Waals surface area contributed by atoms with Crippen LogP contribution in [0, 0.1) is 5.92 Å². The second kappa shape index (κ2) is 2.97. The molecule has 0 spiro atoms. The maximum atomic E-state index is 11.5. The van der Waals surface area contributed by atoms with Gasteiger partial charge in [-0.3, -0.25) is 0 Å². The molecule has 7 heavy (non-hydrogen) atoms. The van der Waals surface area contributed by atoms with E-state index in [2.05, 4.69) is 0 Å². The zero-order chi connectivity index (χ0) is 5.86. The van der Waals surface area contributed by atoms with Crippen molar-refractivity contribution in [3.63, 3.8) is 0 Å². The van der Waals surface area contributed by atoms with Gasteiger partial charge in [0.05, 0.1) is 0 Å².